The van der Waals surface area contributed by atoms with Crippen molar-refractivity contribution in [2.45, 2.75) is 32.6 Å². The van der Waals surface area contributed by atoms with Crippen LogP contribution in [0.15, 0.2) is 60.2 Å². The lowest BCUT2D eigenvalue weighted by atomic mass is 9.75. The highest BCUT2D eigenvalue weighted by Gasteiger charge is 2.24. The Morgan fingerprint density at radius 2 is 1.71 bits per heavy atom. The van der Waals surface area contributed by atoms with Crippen LogP contribution in [0.2, 0.25) is 0 Å². The van der Waals surface area contributed by atoms with E-state index in [2.05, 4.69) is 69.8 Å². The van der Waals surface area contributed by atoms with Crippen molar-refractivity contribution < 1.29 is 0 Å². The van der Waals surface area contributed by atoms with Crippen molar-refractivity contribution in [2.75, 3.05) is 0 Å². The highest BCUT2D eigenvalue weighted by Crippen LogP contribution is 2.34. The van der Waals surface area contributed by atoms with E-state index in [1.165, 1.54) is 22.3 Å². The van der Waals surface area contributed by atoms with Crippen molar-refractivity contribution in [2.24, 2.45) is 0 Å². The van der Waals surface area contributed by atoms with Crippen molar-refractivity contribution in [3.8, 4) is 0 Å². The Morgan fingerprint density at radius 3 is 2.24 bits per heavy atom. The highest BCUT2D eigenvalue weighted by atomic mass is 14.3. The zero-order valence-electron chi connectivity index (χ0n) is 11.0. The number of hydrogen-bond acceptors (Lipinski definition) is 0. The topological polar surface area (TPSA) is 0 Å². The molecule has 0 heterocycles. The second-order valence-electron chi connectivity index (χ2n) is 5.35. The van der Waals surface area contributed by atoms with Gasteiger partial charge in [-0.15, -0.1) is 0 Å². The largest absolute Gasteiger partial charge is 0.0955 e. The molecular formula is C17H20. The molecule has 1 aromatic rings. The van der Waals surface area contributed by atoms with Crippen LogP contribution in [0.4, 0.5) is 0 Å². The third-order valence-corrected chi connectivity index (χ3v) is 3.58. The van der Waals surface area contributed by atoms with Crippen LogP contribution in [0, 0.1) is 6.92 Å². The normalized spacial score (nSPS) is 15.9. The Kier molecular flexibility index (Phi) is 3.06. The second kappa shape index (κ2) is 4.37. The third kappa shape index (κ3) is 2.41. The Balaban J connectivity index is 2.33. The highest BCUT2D eigenvalue weighted by molar-refractivity contribution is 5.45. The number of hydrogen-bond donors (Lipinski definition) is 0. The molecule has 0 aliphatic heterocycles. The van der Waals surface area contributed by atoms with Gasteiger partial charge in [-0.3, -0.25) is 0 Å². The maximum absolute atomic E-state index is 3.98. The van der Waals surface area contributed by atoms with Crippen LogP contribution in [0.3, 0.4) is 0 Å². The van der Waals surface area contributed by atoms with Crippen molar-refractivity contribution in [1.29, 1.82) is 0 Å². The van der Waals surface area contributed by atoms with Crippen molar-refractivity contribution in [1.82, 2.24) is 0 Å². The van der Waals surface area contributed by atoms with Gasteiger partial charge in [0, 0.05) is 5.41 Å². The molecule has 0 saturated carbocycles. The predicted octanol–water partition coefficient (Wildman–Crippen LogP) is 4.72. The molecule has 0 atom stereocenters. The van der Waals surface area contributed by atoms with E-state index in [9.17, 15) is 0 Å². The van der Waals surface area contributed by atoms with E-state index < -0.39 is 0 Å². The molecule has 88 valence electrons. The molecule has 0 fully saturated rings. The molecule has 2 rings (SSSR count). The summed E-state index contributed by atoms with van der Waals surface area (Å²) in [5, 5.41) is 0. The van der Waals surface area contributed by atoms with Crippen LogP contribution >= 0.6 is 0 Å². The molecule has 17 heavy (non-hydrogen) atoms. The molecule has 0 amide bonds. The Bertz CT molecular complexity index is 481. The molecule has 0 nitrogen and oxygen atoms in total. The van der Waals surface area contributed by atoms with E-state index in [0.717, 1.165) is 6.42 Å². The van der Waals surface area contributed by atoms with Crippen LogP contribution in [-0.2, 0) is 5.41 Å². The van der Waals surface area contributed by atoms with Crippen molar-refractivity contribution in [3.63, 3.8) is 0 Å². The van der Waals surface area contributed by atoms with E-state index in [-0.39, 0.29) is 5.41 Å². The number of rotatable bonds is 2. The van der Waals surface area contributed by atoms with Gasteiger partial charge in [0.1, 0.15) is 0 Å². The average Bonchev–Trinajstić information content (AvgIpc) is 2.30. The molecule has 0 N–H and O–H groups in total. The molecule has 0 radical (unpaired) electrons. The van der Waals surface area contributed by atoms with Crippen LogP contribution in [-0.4, -0.2) is 0 Å². The molecule has 1 aliphatic rings. The van der Waals surface area contributed by atoms with Crippen LogP contribution < -0.4 is 0 Å². The minimum absolute atomic E-state index is 0.0743. The summed E-state index contributed by atoms with van der Waals surface area (Å²) in [5.74, 6) is 0. The molecule has 1 aromatic carbocycles. The maximum atomic E-state index is 3.98. The standard InChI is InChI=1S/C17H20/c1-13-5-9-15(10-6-13)17(3,4)16-11-7-14(2)8-12-16/h5,7-12H,1,6H2,2-4H3. The van der Waals surface area contributed by atoms with E-state index in [4.69, 9.17) is 0 Å². The molecule has 0 aromatic heterocycles. The van der Waals surface area contributed by atoms with Gasteiger partial charge in [0.15, 0.2) is 0 Å². The summed E-state index contributed by atoms with van der Waals surface area (Å²) < 4.78 is 0. The van der Waals surface area contributed by atoms with E-state index in [1.54, 1.807) is 0 Å². The molecule has 0 saturated heterocycles. The lowest BCUT2D eigenvalue weighted by Gasteiger charge is -2.29. The Labute approximate surface area is 104 Å². The first-order valence-corrected chi connectivity index (χ1v) is 6.14. The molecule has 0 heteroatoms. The van der Waals surface area contributed by atoms with Gasteiger partial charge < -0.3 is 0 Å². The van der Waals surface area contributed by atoms with Gasteiger partial charge in [0.05, 0.1) is 0 Å². The van der Waals surface area contributed by atoms with Gasteiger partial charge >= 0.3 is 0 Å². The number of benzene rings is 1. The number of allylic oxidation sites excluding steroid dienone is 5. The van der Waals surface area contributed by atoms with Crippen molar-refractivity contribution >= 4 is 0 Å². The first kappa shape index (κ1) is 11.9. The van der Waals surface area contributed by atoms with E-state index in [1.807, 2.05) is 0 Å². The second-order valence-corrected chi connectivity index (χ2v) is 5.35. The first-order valence-electron chi connectivity index (χ1n) is 6.14. The molecular weight excluding hydrogens is 204 g/mol. The van der Waals surface area contributed by atoms with Gasteiger partial charge in [-0.1, -0.05) is 74.1 Å². The summed E-state index contributed by atoms with van der Waals surface area (Å²) in [6.45, 7) is 10.7. The minimum atomic E-state index is 0.0743. The Morgan fingerprint density at radius 1 is 1.06 bits per heavy atom. The molecule has 0 unspecified atom stereocenters. The fourth-order valence-electron chi connectivity index (χ4n) is 2.19. The molecule has 0 spiro atoms. The number of aryl methyl sites for hydroxylation is 1. The molecule has 0 bridgehead atoms. The average molecular weight is 224 g/mol. The zero-order valence-corrected chi connectivity index (χ0v) is 11.0. The van der Waals surface area contributed by atoms with Gasteiger partial charge in [-0.25, -0.2) is 0 Å². The fourth-order valence-corrected chi connectivity index (χ4v) is 2.19. The van der Waals surface area contributed by atoms with Gasteiger partial charge in [0.2, 0.25) is 0 Å². The quantitative estimate of drug-likeness (QED) is 0.682. The lowest BCUT2D eigenvalue weighted by molar-refractivity contribution is 0.634. The van der Waals surface area contributed by atoms with Crippen LogP contribution in [0.25, 0.3) is 0 Å². The predicted molar refractivity (Wildman–Crippen MR) is 75.2 cm³/mol. The SMILES string of the molecule is C=C1C=CC(C(C)(C)c2ccc(C)cc2)=CC1. The van der Waals surface area contributed by atoms with E-state index in [0.29, 0.717) is 0 Å². The van der Waals surface area contributed by atoms with E-state index >= 15 is 0 Å². The lowest BCUT2D eigenvalue weighted by Crippen LogP contribution is -2.20. The van der Waals surface area contributed by atoms with Crippen molar-refractivity contribution in [3.05, 3.63) is 71.3 Å². The zero-order chi connectivity index (χ0) is 12.5. The summed E-state index contributed by atoms with van der Waals surface area (Å²) in [6, 6.07) is 8.83. The summed E-state index contributed by atoms with van der Waals surface area (Å²) >= 11 is 0. The monoisotopic (exact) mass is 224 g/mol. The van der Waals surface area contributed by atoms with Crippen LogP contribution in [0.5, 0.6) is 0 Å². The van der Waals surface area contributed by atoms with Crippen LogP contribution in [0.1, 0.15) is 31.4 Å². The summed E-state index contributed by atoms with van der Waals surface area (Å²) in [7, 11) is 0. The maximum Gasteiger partial charge on any atom is 0.0143 e. The van der Waals surface area contributed by atoms with Gasteiger partial charge in [0.25, 0.3) is 0 Å². The third-order valence-electron chi connectivity index (χ3n) is 3.58. The Hall–Kier alpha value is -1.56. The smallest absolute Gasteiger partial charge is 0.0143 e. The fraction of sp³-hybridized carbons (Fsp3) is 0.294. The molecule has 1 aliphatic carbocycles. The summed E-state index contributed by atoms with van der Waals surface area (Å²) in [5.41, 5.74) is 5.32. The summed E-state index contributed by atoms with van der Waals surface area (Å²) in [4.78, 5) is 0. The van der Waals surface area contributed by atoms with Gasteiger partial charge in [-0.05, 0) is 24.5 Å². The minimum Gasteiger partial charge on any atom is -0.0955 e. The summed E-state index contributed by atoms with van der Waals surface area (Å²) in [6.07, 6.45) is 7.60. The van der Waals surface area contributed by atoms with Gasteiger partial charge in [-0.2, -0.15) is 0 Å². The first-order chi connectivity index (χ1) is 8.00.